The van der Waals surface area contributed by atoms with Crippen molar-refractivity contribution in [3.63, 3.8) is 0 Å². The van der Waals surface area contributed by atoms with Gasteiger partial charge in [-0.15, -0.1) is 0 Å². The fraction of sp³-hybridized carbons (Fsp3) is 0.0909. The van der Waals surface area contributed by atoms with Crippen molar-refractivity contribution in [2.75, 3.05) is 7.11 Å². The predicted octanol–water partition coefficient (Wildman–Crippen LogP) is 3.26. The van der Waals surface area contributed by atoms with Gasteiger partial charge < -0.3 is 9.72 Å². The molecule has 0 unspecified atom stereocenters. The lowest BCUT2D eigenvalue weighted by molar-refractivity contribution is 0.0607. The Morgan fingerprint density at radius 1 is 1.38 bits per heavy atom. The summed E-state index contributed by atoms with van der Waals surface area (Å²) in [6, 6.07) is 9.57. The Balaban J connectivity index is 2.57. The zero-order valence-corrected chi connectivity index (χ0v) is 10.2. The fourth-order valence-electron chi connectivity index (χ4n) is 1.37. The van der Waals surface area contributed by atoms with Gasteiger partial charge in [-0.1, -0.05) is 41.7 Å². The molecule has 82 valence electrons. The van der Waals surface area contributed by atoms with Crippen molar-refractivity contribution >= 4 is 29.5 Å². The zero-order chi connectivity index (χ0) is 11.5. The summed E-state index contributed by atoms with van der Waals surface area (Å²) < 4.78 is 5.29. The maximum absolute atomic E-state index is 11.5. The van der Waals surface area contributed by atoms with Crippen molar-refractivity contribution in [1.29, 1.82) is 0 Å². The number of aromatic nitrogens is 1. The van der Waals surface area contributed by atoms with Crippen LogP contribution in [0.15, 0.2) is 30.3 Å². The second kappa shape index (κ2) is 4.59. The Morgan fingerprint density at radius 3 is 2.69 bits per heavy atom. The van der Waals surface area contributed by atoms with Gasteiger partial charge in [0.05, 0.1) is 12.8 Å². The van der Waals surface area contributed by atoms with E-state index in [1.54, 1.807) is 0 Å². The molecule has 0 saturated heterocycles. The number of esters is 1. The molecular weight excluding hydrogens is 242 g/mol. The van der Waals surface area contributed by atoms with Gasteiger partial charge in [0.25, 0.3) is 0 Å². The Hall–Kier alpha value is -1.46. The first kappa shape index (κ1) is 11.0. The number of carbonyl (C=O) groups is 1. The van der Waals surface area contributed by atoms with Crippen molar-refractivity contribution in [2.45, 2.75) is 0 Å². The van der Waals surface area contributed by atoms with Crippen LogP contribution in [0, 0.1) is 3.95 Å². The van der Waals surface area contributed by atoms with E-state index in [0.717, 1.165) is 11.3 Å². The first-order valence-corrected chi connectivity index (χ1v) is 5.81. The Kier molecular flexibility index (Phi) is 3.17. The van der Waals surface area contributed by atoms with Crippen LogP contribution >= 0.6 is 23.6 Å². The highest BCUT2D eigenvalue weighted by molar-refractivity contribution is 7.73. The second-order valence-corrected chi connectivity index (χ2v) is 4.76. The molecule has 0 amide bonds. The first-order chi connectivity index (χ1) is 7.72. The molecule has 0 bridgehead atoms. The van der Waals surface area contributed by atoms with Crippen LogP contribution in [0.3, 0.4) is 0 Å². The molecule has 0 aliphatic heterocycles. The number of benzene rings is 1. The SMILES string of the molecule is COC(=O)c1sc(=S)[nH]c1-c1ccccc1. The van der Waals surface area contributed by atoms with E-state index in [9.17, 15) is 4.79 Å². The summed E-state index contributed by atoms with van der Waals surface area (Å²) in [5.41, 5.74) is 1.65. The Labute approximate surface area is 102 Å². The molecule has 1 N–H and O–H groups in total. The van der Waals surface area contributed by atoms with E-state index >= 15 is 0 Å². The number of methoxy groups -OCH3 is 1. The van der Waals surface area contributed by atoms with Gasteiger partial charge >= 0.3 is 5.97 Å². The standard InChI is InChI=1S/C11H9NO2S2/c1-14-10(13)9-8(12-11(15)16-9)7-5-3-2-4-6-7/h2-6H,1H3,(H,12,15). The average molecular weight is 251 g/mol. The van der Waals surface area contributed by atoms with Crippen LogP contribution in [0.25, 0.3) is 11.3 Å². The molecular formula is C11H9NO2S2. The lowest BCUT2D eigenvalue weighted by Crippen LogP contribution is -2.00. The summed E-state index contributed by atoms with van der Waals surface area (Å²) in [7, 11) is 1.36. The fourth-order valence-corrected chi connectivity index (χ4v) is 2.50. The number of hydrogen-bond acceptors (Lipinski definition) is 4. The van der Waals surface area contributed by atoms with Crippen LogP contribution in [-0.4, -0.2) is 18.1 Å². The lowest BCUT2D eigenvalue weighted by atomic mass is 10.1. The van der Waals surface area contributed by atoms with Gasteiger partial charge in [0.2, 0.25) is 0 Å². The molecule has 1 aromatic carbocycles. The monoisotopic (exact) mass is 251 g/mol. The number of carbonyl (C=O) groups excluding carboxylic acids is 1. The molecule has 0 spiro atoms. The van der Waals surface area contributed by atoms with Gasteiger partial charge in [0, 0.05) is 0 Å². The third-order valence-corrected chi connectivity index (χ3v) is 3.30. The summed E-state index contributed by atoms with van der Waals surface area (Å²) in [4.78, 5) is 15.1. The molecule has 0 aliphatic carbocycles. The minimum Gasteiger partial charge on any atom is -0.465 e. The minimum absolute atomic E-state index is 0.365. The van der Waals surface area contributed by atoms with Crippen molar-refractivity contribution in [1.82, 2.24) is 4.98 Å². The third kappa shape index (κ3) is 2.05. The van der Waals surface area contributed by atoms with Crippen molar-refractivity contribution in [2.24, 2.45) is 0 Å². The highest BCUT2D eigenvalue weighted by atomic mass is 32.1. The summed E-state index contributed by atoms with van der Waals surface area (Å²) in [5, 5.41) is 0. The maximum atomic E-state index is 11.5. The topological polar surface area (TPSA) is 42.1 Å². The molecule has 1 heterocycles. The van der Waals surface area contributed by atoms with Gasteiger partial charge in [-0.3, -0.25) is 0 Å². The summed E-state index contributed by atoms with van der Waals surface area (Å²) in [6.07, 6.45) is 0. The number of nitrogens with one attached hydrogen (secondary N) is 1. The van der Waals surface area contributed by atoms with Crippen molar-refractivity contribution < 1.29 is 9.53 Å². The number of thiazole rings is 1. The van der Waals surface area contributed by atoms with Crippen LogP contribution in [0.2, 0.25) is 0 Å². The molecule has 0 fully saturated rings. The van der Waals surface area contributed by atoms with Crippen LogP contribution in [0.1, 0.15) is 9.67 Å². The number of ether oxygens (including phenoxy) is 1. The average Bonchev–Trinajstić information content (AvgIpc) is 2.71. The largest absolute Gasteiger partial charge is 0.465 e. The molecule has 0 aliphatic rings. The normalized spacial score (nSPS) is 10.1. The highest BCUT2D eigenvalue weighted by Gasteiger charge is 2.16. The van der Waals surface area contributed by atoms with Gasteiger partial charge in [-0.25, -0.2) is 4.79 Å². The molecule has 0 radical (unpaired) electrons. The van der Waals surface area contributed by atoms with Crippen LogP contribution in [-0.2, 0) is 4.74 Å². The van der Waals surface area contributed by atoms with E-state index in [1.807, 2.05) is 30.3 Å². The molecule has 16 heavy (non-hydrogen) atoms. The van der Waals surface area contributed by atoms with E-state index in [2.05, 4.69) is 4.98 Å². The third-order valence-electron chi connectivity index (χ3n) is 2.08. The van der Waals surface area contributed by atoms with Crippen molar-refractivity contribution in [3.05, 3.63) is 39.2 Å². The predicted molar refractivity (Wildman–Crippen MR) is 66.3 cm³/mol. The molecule has 1 aromatic heterocycles. The second-order valence-electron chi connectivity index (χ2n) is 3.08. The van der Waals surface area contributed by atoms with Gasteiger partial charge in [0.15, 0.2) is 3.95 Å². The zero-order valence-electron chi connectivity index (χ0n) is 8.52. The molecule has 0 atom stereocenters. The van der Waals surface area contributed by atoms with E-state index in [4.69, 9.17) is 17.0 Å². The van der Waals surface area contributed by atoms with E-state index in [-0.39, 0.29) is 5.97 Å². The smallest absolute Gasteiger partial charge is 0.350 e. The van der Waals surface area contributed by atoms with Gasteiger partial charge in [-0.05, 0) is 17.8 Å². The number of aromatic amines is 1. The van der Waals surface area contributed by atoms with Crippen LogP contribution in [0.5, 0.6) is 0 Å². The highest BCUT2D eigenvalue weighted by Crippen LogP contribution is 2.26. The molecule has 2 rings (SSSR count). The summed E-state index contributed by atoms with van der Waals surface area (Å²) in [5.74, 6) is -0.365. The van der Waals surface area contributed by atoms with Crippen LogP contribution in [0.4, 0.5) is 0 Å². The van der Waals surface area contributed by atoms with Gasteiger partial charge in [0.1, 0.15) is 4.88 Å². The van der Waals surface area contributed by atoms with E-state index < -0.39 is 0 Å². The first-order valence-electron chi connectivity index (χ1n) is 4.59. The van der Waals surface area contributed by atoms with E-state index in [0.29, 0.717) is 8.83 Å². The lowest BCUT2D eigenvalue weighted by Gasteiger charge is -2.00. The molecule has 5 heteroatoms. The van der Waals surface area contributed by atoms with Gasteiger partial charge in [-0.2, -0.15) is 0 Å². The molecule has 2 aromatic rings. The summed E-state index contributed by atoms with van der Waals surface area (Å²) in [6.45, 7) is 0. The van der Waals surface area contributed by atoms with E-state index in [1.165, 1.54) is 18.4 Å². The minimum atomic E-state index is -0.365. The number of H-pyrrole nitrogens is 1. The summed E-state index contributed by atoms with van der Waals surface area (Å²) >= 11 is 6.27. The van der Waals surface area contributed by atoms with Crippen LogP contribution < -0.4 is 0 Å². The maximum Gasteiger partial charge on any atom is 0.350 e. The quantitative estimate of drug-likeness (QED) is 0.658. The van der Waals surface area contributed by atoms with Crippen molar-refractivity contribution in [3.8, 4) is 11.3 Å². The molecule has 3 nitrogen and oxygen atoms in total. The number of rotatable bonds is 2. The number of hydrogen-bond donors (Lipinski definition) is 1. The Bertz CT molecular complexity index is 557. The molecule has 0 saturated carbocycles. The Morgan fingerprint density at radius 2 is 2.06 bits per heavy atom.